The molecule has 0 atom stereocenters. The third-order valence-electron chi connectivity index (χ3n) is 3.73. The van der Waals surface area contributed by atoms with E-state index >= 15 is 0 Å². The molecule has 158 valence electrons. The number of aromatic nitrogens is 2. The zero-order valence-corrected chi connectivity index (χ0v) is 17.3. The number of ether oxygens (including phenoxy) is 1. The molecule has 2 aromatic carbocycles. The van der Waals surface area contributed by atoms with Crippen molar-refractivity contribution in [3.8, 4) is 5.75 Å². The van der Waals surface area contributed by atoms with Gasteiger partial charge in [-0.1, -0.05) is 17.8 Å². The first-order valence-corrected chi connectivity index (χ1v) is 11.0. The fraction of sp³-hybridized carbons (Fsp3) is 0.167. The number of rotatable bonds is 8. The first-order valence-electron chi connectivity index (χ1n) is 8.47. The maximum absolute atomic E-state index is 12.9. The first kappa shape index (κ1) is 21.7. The van der Waals surface area contributed by atoms with Crippen molar-refractivity contribution in [1.82, 2.24) is 10.2 Å². The number of aryl methyl sites for hydroxylation is 1. The van der Waals surface area contributed by atoms with E-state index in [0.717, 1.165) is 11.8 Å². The highest BCUT2D eigenvalue weighted by molar-refractivity contribution is 7.99. The van der Waals surface area contributed by atoms with Crippen LogP contribution in [0.15, 0.2) is 57.0 Å². The Balaban J connectivity index is 1.51. The lowest BCUT2D eigenvalue weighted by Gasteiger charge is -2.08. The molecular weight excluding hydrogens is 435 g/mol. The van der Waals surface area contributed by atoms with Crippen molar-refractivity contribution in [3.63, 3.8) is 0 Å². The van der Waals surface area contributed by atoms with Gasteiger partial charge in [-0.3, -0.25) is 4.79 Å². The third-order valence-corrected chi connectivity index (χ3v) is 5.60. The zero-order valence-electron chi connectivity index (χ0n) is 15.7. The Hall–Kier alpha value is -2.96. The number of nitrogens with two attached hydrogens (primary N) is 1. The standard InChI is InChI=1S/C18H17FN4O5S2/c1-11-2-5-13(8-15(11)30(20,25)26)21-16(24)10-29-18-23-22-17(28-18)9-27-14-6-3-12(19)4-7-14/h2-8H,9-10H2,1H3,(H,21,24)(H2,20,25,26). The normalized spacial score (nSPS) is 11.3. The molecule has 0 saturated carbocycles. The molecule has 0 aliphatic rings. The number of carbonyl (C=O) groups excluding carboxylic acids is 1. The van der Waals surface area contributed by atoms with Crippen LogP contribution >= 0.6 is 11.8 Å². The molecule has 3 rings (SSSR count). The van der Waals surface area contributed by atoms with Crippen molar-refractivity contribution in [1.29, 1.82) is 0 Å². The van der Waals surface area contributed by atoms with Crippen LogP contribution in [-0.2, 0) is 21.4 Å². The highest BCUT2D eigenvalue weighted by Crippen LogP contribution is 2.21. The molecule has 0 spiro atoms. The number of amides is 1. The minimum atomic E-state index is -3.89. The predicted octanol–water partition coefficient (Wildman–Crippen LogP) is 2.47. The number of primary sulfonamides is 1. The van der Waals surface area contributed by atoms with Gasteiger partial charge in [0, 0.05) is 5.69 Å². The van der Waals surface area contributed by atoms with Crippen LogP contribution in [0.3, 0.4) is 0 Å². The molecule has 30 heavy (non-hydrogen) atoms. The van der Waals surface area contributed by atoms with E-state index in [1.807, 2.05) is 0 Å². The van der Waals surface area contributed by atoms with Gasteiger partial charge in [-0.25, -0.2) is 17.9 Å². The van der Waals surface area contributed by atoms with Crippen molar-refractivity contribution in [2.24, 2.45) is 5.14 Å². The van der Waals surface area contributed by atoms with Crippen LogP contribution in [0, 0.1) is 12.7 Å². The summed E-state index contributed by atoms with van der Waals surface area (Å²) in [6, 6.07) is 9.89. The van der Waals surface area contributed by atoms with E-state index in [0.29, 0.717) is 17.0 Å². The van der Waals surface area contributed by atoms with Crippen molar-refractivity contribution in [3.05, 3.63) is 59.7 Å². The van der Waals surface area contributed by atoms with Gasteiger partial charge >= 0.3 is 0 Å². The summed E-state index contributed by atoms with van der Waals surface area (Å²) in [5.41, 5.74) is 0.778. The number of hydrogen-bond acceptors (Lipinski definition) is 8. The average molecular weight is 452 g/mol. The molecule has 0 bridgehead atoms. The summed E-state index contributed by atoms with van der Waals surface area (Å²) < 4.78 is 46.8. The molecule has 1 heterocycles. The van der Waals surface area contributed by atoms with E-state index in [2.05, 4.69) is 15.5 Å². The molecule has 1 amide bonds. The van der Waals surface area contributed by atoms with Gasteiger partial charge in [-0.15, -0.1) is 10.2 Å². The Labute approximate surface area is 175 Å². The second kappa shape index (κ2) is 9.24. The summed E-state index contributed by atoms with van der Waals surface area (Å²) in [6.07, 6.45) is 0. The van der Waals surface area contributed by atoms with E-state index in [9.17, 15) is 17.6 Å². The van der Waals surface area contributed by atoms with Crippen LogP contribution in [0.4, 0.5) is 10.1 Å². The minimum Gasteiger partial charge on any atom is -0.484 e. The molecule has 0 aliphatic carbocycles. The summed E-state index contributed by atoms with van der Waals surface area (Å²) in [5, 5.41) is 15.5. The molecule has 3 N–H and O–H groups in total. The Kier molecular flexibility index (Phi) is 6.70. The van der Waals surface area contributed by atoms with Gasteiger partial charge in [0.05, 0.1) is 10.6 Å². The van der Waals surface area contributed by atoms with Gasteiger partial charge in [0.2, 0.25) is 15.9 Å². The van der Waals surface area contributed by atoms with Crippen LogP contribution in [0.25, 0.3) is 0 Å². The number of halogens is 1. The minimum absolute atomic E-state index is 0.00883. The van der Waals surface area contributed by atoms with Crippen molar-refractivity contribution >= 4 is 33.4 Å². The molecule has 3 aromatic rings. The molecule has 0 aliphatic heterocycles. The fourth-order valence-corrected chi connectivity index (χ4v) is 3.73. The van der Waals surface area contributed by atoms with Crippen LogP contribution < -0.4 is 15.2 Å². The van der Waals surface area contributed by atoms with Crippen LogP contribution in [0.5, 0.6) is 5.75 Å². The second-order valence-corrected chi connectivity index (χ2v) is 8.52. The number of anilines is 1. The predicted molar refractivity (Wildman–Crippen MR) is 107 cm³/mol. The van der Waals surface area contributed by atoms with E-state index in [1.165, 1.54) is 30.3 Å². The quantitative estimate of drug-likeness (QED) is 0.497. The van der Waals surface area contributed by atoms with Gasteiger partial charge in [0.1, 0.15) is 11.6 Å². The smallest absolute Gasteiger partial charge is 0.277 e. The monoisotopic (exact) mass is 452 g/mol. The van der Waals surface area contributed by atoms with E-state index < -0.39 is 15.9 Å². The van der Waals surface area contributed by atoms with E-state index in [1.54, 1.807) is 19.1 Å². The Morgan fingerprint density at radius 3 is 2.67 bits per heavy atom. The number of thioether (sulfide) groups is 1. The maximum Gasteiger partial charge on any atom is 0.277 e. The van der Waals surface area contributed by atoms with E-state index in [4.69, 9.17) is 14.3 Å². The lowest BCUT2D eigenvalue weighted by molar-refractivity contribution is -0.113. The van der Waals surface area contributed by atoms with Crippen LogP contribution in [-0.4, -0.2) is 30.3 Å². The number of benzene rings is 2. The van der Waals surface area contributed by atoms with Crippen molar-refractivity contribution < 1.29 is 26.8 Å². The topological polar surface area (TPSA) is 137 Å². The molecular formula is C18H17FN4O5S2. The second-order valence-electron chi connectivity index (χ2n) is 6.07. The molecule has 1 aromatic heterocycles. The van der Waals surface area contributed by atoms with Crippen LogP contribution in [0.1, 0.15) is 11.5 Å². The Bertz CT molecular complexity index is 1150. The number of sulfonamides is 1. The van der Waals surface area contributed by atoms with Gasteiger partial charge in [0.25, 0.3) is 11.1 Å². The number of nitrogens with one attached hydrogen (secondary N) is 1. The SMILES string of the molecule is Cc1ccc(NC(=O)CSc2nnc(COc3ccc(F)cc3)o2)cc1S(N)(=O)=O. The third kappa shape index (κ3) is 6.02. The lowest BCUT2D eigenvalue weighted by atomic mass is 10.2. The number of carbonyl (C=O) groups is 1. The lowest BCUT2D eigenvalue weighted by Crippen LogP contribution is -2.17. The Morgan fingerprint density at radius 2 is 1.97 bits per heavy atom. The summed E-state index contributed by atoms with van der Waals surface area (Å²) in [5.74, 6) is -0.173. The summed E-state index contributed by atoms with van der Waals surface area (Å²) in [7, 11) is -3.89. The molecule has 0 saturated heterocycles. The van der Waals surface area contributed by atoms with Crippen molar-refractivity contribution in [2.75, 3.05) is 11.1 Å². The highest BCUT2D eigenvalue weighted by Gasteiger charge is 2.14. The summed E-state index contributed by atoms with van der Waals surface area (Å²) >= 11 is 1.00. The number of hydrogen-bond donors (Lipinski definition) is 2. The van der Waals surface area contributed by atoms with Gasteiger partial charge in [0.15, 0.2) is 6.61 Å². The molecule has 12 heteroatoms. The number of nitrogens with zero attached hydrogens (tertiary/aromatic N) is 2. The highest BCUT2D eigenvalue weighted by atomic mass is 32.2. The average Bonchev–Trinajstić information content (AvgIpc) is 3.14. The zero-order chi connectivity index (χ0) is 21.7. The van der Waals surface area contributed by atoms with Crippen molar-refractivity contribution in [2.45, 2.75) is 23.6 Å². The largest absolute Gasteiger partial charge is 0.484 e. The fourth-order valence-electron chi connectivity index (χ4n) is 2.34. The summed E-state index contributed by atoms with van der Waals surface area (Å²) in [4.78, 5) is 12.1. The molecule has 0 radical (unpaired) electrons. The molecule has 0 fully saturated rings. The Morgan fingerprint density at radius 1 is 1.23 bits per heavy atom. The van der Waals surface area contributed by atoms with Gasteiger partial charge in [-0.05, 0) is 48.9 Å². The maximum atomic E-state index is 12.9. The molecule has 0 unspecified atom stereocenters. The van der Waals surface area contributed by atoms with Gasteiger partial charge in [-0.2, -0.15) is 0 Å². The van der Waals surface area contributed by atoms with E-state index in [-0.39, 0.29) is 34.2 Å². The van der Waals surface area contributed by atoms with Gasteiger partial charge < -0.3 is 14.5 Å². The first-order chi connectivity index (χ1) is 14.2. The van der Waals surface area contributed by atoms with Crippen LogP contribution in [0.2, 0.25) is 0 Å². The summed E-state index contributed by atoms with van der Waals surface area (Å²) in [6.45, 7) is 1.60. The molecule has 9 nitrogen and oxygen atoms in total.